The van der Waals surface area contributed by atoms with Crippen LogP contribution in [0.15, 0.2) is 41.1 Å². The number of halogens is 2. The van der Waals surface area contributed by atoms with Crippen molar-refractivity contribution in [3.8, 4) is 5.75 Å². The highest BCUT2D eigenvalue weighted by molar-refractivity contribution is 9.10. The summed E-state index contributed by atoms with van der Waals surface area (Å²) in [5.74, 6) is 5.40. The van der Waals surface area contributed by atoms with E-state index in [1.165, 1.54) is 0 Å². The van der Waals surface area contributed by atoms with E-state index >= 15 is 0 Å². The number of amides is 1. The second-order valence-electron chi connectivity index (χ2n) is 4.61. The van der Waals surface area contributed by atoms with Gasteiger partial charge in [0.05, 0.1) is 9.50 Å². The molecule has 0 fully saturated rings. The summed E-state index contributed by atoms with van der Waals surface area (Å²) < 4.78 is 6.48. The smallest absolute Gasteiger partial charge is 0.234 e. The fourth-order valence-corrected chi connectivity index (χ4v) is 2.90. The second-order valence-corrected chi connectivity index (χ2v) is 5.87. The number of benzene rings is 1. The maximum atomic E-state index is 11.2. The van der Waals surface area contributed by atoms with Crippen LogP contribution in [0.1, 0.15) is 17.5 Å². The van der Waals surface area contributed by atoms with Crippen LogP contribution in [0.4, 0.5) is 0 Å². The molecule has 0 saturated carbocycles. The number of pyridine rings is 1. The molecule has 1 aromatic carbocycles. The second kappa shape index (κ2) is 8.12. The number of hydrazine groups is 1. The first kappa shape index (κ1) is 16.7. The summed E-state index contributed by atoms with van der Waals surface area (Å²) >= 11 is 9.70. The molecule has 0 bridgehead atoms. The van der Waals surface area contributed by atoms with Crippen molar-refractivity contribution in [1.82, 2.24) is 10.4 Å². The van der Waals surface area contributed by atoms with E-state index in [1.807, 2.05) is 18.2 Å². The number of rotatable bonds is 6. The monoisotopic (exact) mass is 383 g/mol. The average Bonchev–Trinajstić information content (AvgIpc) is 2.52. The van der Waals surface area contributed by atoms with E-state index < -0.39 is 0 Å². The maximum Gasteiger partial charge on any atom is 0.234 e. The molecule has 0 spiro atoms. The normalized spacial score (nSPS) is 10.3. The predicted octanol–water partition coefficient (Wildman–Crippen LogP) is 3.00. The average molecular weight is 385 g/mol. The Morgan fingerprint density at radius 3 is 2.86 bits per heavy atom. The van der Waals surface area contributed by atoms with E-state index in [0.29, 0.717) is 30.2 Å². The first-order chi connectivity index (χ1) is 10.6. The minimum absolute atomic E-state index is 0.218. The Hall–Kier alpha value is -1.63. The number of aryl methyl sites for hydroxylation is 1. The van der Waals surface area contributed by atoms with Crippen LogP contribution in [-0.2, 0) is 17.8 Å². The Morgan fingerprint density at radius 1 is 1.41 bits per heavy atom. The van der Waals surface area contributed by atoms with E-state index in [0.717, 1.165) is 15.6 Å². The Labute approximate surface area is 141 Å². The van der Waals surface area contributed by atoms with Crippen LogP contribution in [0.25, 0.3) is 0 Å². The molecule has 116 valence electrons. The summed E-state index contributed by atoms with van der Waals surface area (Å²) in [7, 11) is 0. The highest BCUT2D eigenvalue weighted by atomic mass is 79.9. The summed E-state index contributed by atoms with van der Waals surface area (Å²) in [5, 5.41) is 0.487. The topological polar surface area (TPSA) is 77.2 Å². The third-order valence-electron chi connectivity index (χ3n) is 2.97. The van der Waals surface area contributed by atoms with Gasteiger partial charge in [0.1, 0.15) is 6.61 Å². The molecule has 0 unspecified atom stereocenters. The molecule has 1 heterocycles. The lowest BCUT2D eigenvalue weighted by Crippen LogP contribution is -2.30. The van der Waals surface area contributed by atoms with E-state index in [2.05, 4.69) is 26.3 Å². The summed E-state index contributed by atoms with van der Waals surface area (Å²) in [5.41, 5.74) is 3.98. The van der Waals surface area contributed by atoms with E-state index in [1.54, 1.807) is 18.5 Å². The Bertz CT molecular complexity index is 629. The highest BCUT2D eigenvalue weighted by Gasteiger charge is 2.11. The summed E-state index contributed by atoms with van der Waals surface area (Å²) in [6.45, 7) is 0.376. The Kier molecular flexibility index (Phi) is 6.18. The van der Waals surface area contributed by atoms with Gasteiger partial charge in [0.25, 0.3) is 0 Å². The highest BCUT2D eigenvalue weighted by Crippen LogP contribution is 2.35. The number of hydrogen-bond acceptors (Lipinski definition) is 4. The molecule has 0 aliphatic carbocycles. The number of nitrogens with two attached hydrogens (primary N) is 1. The van der Waals surface area contributed by atoms with Crippen molar-refractivity contribution in [3.05, 3.63) is 57.3 Å². The number of carbonyl (C=O) groups excluding carboxylic acids is 1. The minimum atomic E-state index is -0.218. The van der Waals surface area contributed by atoms with Gasteiger partial charge in [-0.25, -0.2) is 5.84 Å². The molecule has 0 aliphatic rings. The van der Waals surface area contributed by atoms with E-state index in [-0.39, 0.29) is 5.91 Å². The molecule has 0 radical (unpaired) electrons. The molecule has 3 N–H and O–H groups in total. The lowest BCUT2D eigenvalue weighted by Gasteiger charge is -2.12. The van der Waals surface area contributed by atoms with Crippen LogP contribution in [-0.4, -0.2) is 10.9 Å². The summed E-state index contributed by atoms with van der Waals surface area (Å²) in [6.07, 6.45) is 4.29. The molecule has 1 amide bonds. The van der Waals surface area contributed by atoms with Crippen molar-refractivity contribution in [2.45, 2.75) is 19.4 Å². The quantitative estimate of drug-likeness (QED) is 0.456. The lowest BCUT2D eigenvalue weighted by atomic mass is 10.1. The molecule has 1 aromatic heterocycles. The van der Waals surface area contributed by atoms with Crippen LogP contribution < -0.4 is 16.0 Å². The fraction of sp³-hybridized carbons (Fsp3) is 0.200. The molecule has 7 heteroatoms. The van der Waals surface area contributed by atoms with Crippen molar-refractivity contribution < 1.29 is 9.53 Å². The predicted molar refractivity (Wildman–Crippen MR) is 88.4 cm³/mol. The van der Waals surface area contributed by atoms with Crippen molar-refractivity contribution in [3.63, 3.8) is 0 Å². The summed E-state index contributed by atoms with van der Waals surface area (Å²) in [6, 6.07) is 7.44. The van der Waals surface area contributed by atoms with Gasteiger partial charge in [-0.2, -0.15) is 0 Å². The van der Waals surface area contributed by atoms with Crippen molar-refractivity contribution in [2.75, 3.05) is 0 Å². The van der Waals surface area contributed by atoms with Crippen molar-refractivity contribution in [2.24, 2.45) is 5.84 Å². The molecule has 0 saturated heterocycles. The van der Waals surface area contributed by atoms with Gasteiger partial charge >= 0.3 is 0 Å². The molecule has 2 aromatic rings. The zero-order valence-electron chi connectivity index (χ0n) is 11.7. The maximum absolute atomic E-state index is 11.2. The zero-order valence-corrected chi connectivity index (χ0v) is 14.0. The van der Waals surface area contributed by atoms with Crippen LogP contribution in [0.5, 0.6) is 5.75 Å². The number of carbonyl (C=O) groups is 1. The van der Waals surface area contributed by atoms with Crippen molar-refractivity contribution >= 4 is 33.4 Å². The van der Waals surface area contributed by atoms with Crippen LogP contribution >= 0.6 is 27.5 Å². The van der Waals surface area contributed by atoms with Gasteiger partial charge in [0, 0.05) is 24.4 Å². The Balaban J connectivity index is 2.05. The summed E-state index contributed by atoms with van der Waals surface area (Å²) in [4.78, 5) is 15.2. The molecule has 5 nitrogen and oxygen atoms in total. The molecule has 2 rings (SSSR count). The largest absolute Gasteiger partial charge is 0.486 e. The first-order valence-electron chi connectivity index (χ1n) is 6.59. The first-order valence-corrected chi connectivity index (χ1v) is 7.76. The Morgan fingerprint density at radius 2 is 2.23 bits per heavy atom. The van der Waals surface area contributed by atoms with Gasteiger partial charge in [-0.1, -0.05) is 17.7 Å². The molecule has 22 heavy (non-hydrogen) atoms. The van der Waals surface area contributed by atoms with E-state index in [9.17, 15) is 4.79 Å². The number of hydrogen-bond donors (Lipinski definition) is 2. The van der Waals surface area contributed by atoms with Gasteiger partial charge in [-0.15, -0.1) is 0 Å². The SMILES string of the molecule is NNC(=O)CCc1cc(Cl)c(OCc2cccnc2)c(Br)c1. The minimum Gasteiger partial charge on any atom is -0.486 e. The van der Waals surface area contributed by atoms with Crippen molar-refractivity contribution in [1.29, 1.82) is 0 Å². The molecular weight excluding hydrogens is 370 g/mol. The standard InChI is InChI=1S/C15H15BrClN3O2/c16-12-6-10(3-4-14(21)20-18)7-13(17)15(12)22-9-11-2-1-5-19-8-11/h1-2,5-8H,3-4,9,18H2,(H,20,21). The van der Waals surface area contributed by atoms with Crippen LogP contribution in [0.3, 0.4) is 0 Å². The lowest BCUT2D eigenvalue weighted by molar-refractivity contribution is -0.121. The number of nitrogens with zero attached hydrogens (tertiary/aromatic N) is 1. The van der Waals surface area contributed by atoms with E-state index in [4.69, 9.17) is 22.2 Å². The number of aromatic nitrogens is 1. The number of ether oxygens (including phenoxy) is 1. The van der Waals surface area contributed by atoms with Gasteiger partial charge in [-0.05, 0) is 46.1 Å². The van der Waals surface area contributed by atoms with Gasteiger partial charge in [0.15, 0.2) is 5.75 Å². The molecule has 0 aliphatic heterocycles. The zero-order chi connectivity index (χ0) is 15.9. The van der Waals surface area contributed by atoms with Crippen LogP contribution in [0, 0.1) is 0 Å². The molecule has 0 atom stereocenters. The van der Waals surface area contributed by atoms with Gasteiger partial charge in [0.2, 0.25) is 5.91 Å². The van der Waals surface area contributed by atoms with Crippen LogP contribution in [0.2, 0.25) is 5.02 Å². The van der Waals surface area contributed by atoms with Gasteiger partial charge < -0.3 is 4.74 Å². The molecular formula is C15H15BrClN3O2. The third-order valence-corrected chi connectivity index (χ3v) is 3.84. The third kappa shape index (κ3) is 4.69. The number of nitrogens with one attached hydrogen (secondary N) is 1. The van der Waals surface area contributed by atoms with Gasteiger partial charge in [-0.3, -0.25) is 15.2 Å². The fourth-order valence-electron chi connectivity index (χ4n) is 1.86.